The van der Waals surface area contributed by atoms with Gasteiger partial charge in [0.05, 0.1) is 4.90 Å². The van der Waals surface area contributed by atoms with Crippen molar-refractivity contribution in [3.8, 4) is 0 Å². The summed E-state index contributed by atoms with van der Waals surface area (Å²) in [5, 5.41) is 7.98. The number of nitrogens with zero attached hydrogens (tertiary/aromatic N) is 3. The fraction of sp³-hybridized carbons (Fsp3) is 0.450. The Bertz CT molecular complexity index is 999. The quantitative estimate of drug-likeness (QED) is 0.787. The van der Waals surface area contributed by atoms with Crippen LogP contribution < -0.4 is 15.4 Å². The first-order chi connectivity index (χ1) is 13.9. The Morgan fingerprint density at radius 1 is 1.07 bits per heavy atom. The van der Waals surface area contributed by atoms with Gasteiger partial charge in [0.1, 0.15) is 12.1 Å². The Hall–Kier alpha value is -2.52. The number of nitrogens with two attached hydrogens (primary N) is 1. The molecule has 1 aliphatic carbocycles. The van der Waals surface area contributed by atoms with E-state index < -0.39 is 10.0 Å². The van der Waals surface area contributed by atoms with Crippen molar-refractivity contribution in [2.24, 2.45) is 11.1 Å². The maximum absolute atomic E-state index is 12.6. The molecule has 0 bridgehead atoms. The van der Waals surface area contributed by atoms with Crippen LogP contribution >= 0.6 is 0 Å². The first-order valence-electron chi connectivity index (χ1n) is 9.93. The van der Waals surface area contributed by atoms with Crippen LogP contribution in [0.15, 0.2) is 35.5 Å². The fourth-order valence-corrected chi connectivity index (χ4v) is 4.62. The van der Waals surface area contributed by atoms with Gasteiger partial charge in [0.25, 0.3) is 0 Å². The van der Waals surface area contributed by atoms with Crippen LogP contribution in [0.1, 0.15) is 36.9 Å². The van der Waals surface area contributed by atoms with Crippen LogP contribution in [0.25, 0.3) is 0 Å². The van der Waals surface area contributed by atoms with Crippen LogP contribution in [-0.4, -0.2) is 37.4 Å². The molecule has 4 rings (SSSR count). The zero-order valence-electron chi connectivity index (χ0n) is 16.2. The Labute approximate surface area is 170 Å². The van der Waals surface area contributed by atoms with E-state index >= 15 is 0 Å². The summed E-state index contributed by atoms with van der Waals surface area (Å²) < 4.78 is 22.7. The van der Waals surface area contributed by atoms with Crippen molar-refractivity contribution in [3.05, 3.63) is 41.9 Å². The van der Waals surface area contributed by atoms with E-state index in [0.717, 1.165) is 44.6 Å². The number of hydrogen-bond donors (Lipinski definition) is 2. The largest absolute Gasteiger partial charge is 0.356 e. The highest BCUT2D eigenvalue weighted by molar-refractivity contribution is 7.89. The monoisotopic (exact) mass is 415 g/mol. The molecule has 0 unspecified atom stereocenters. The first-order valence-corrected chi connectivity index (χ1v) is 11.5. The molecule has 1 amide bonds. The standard InChI is InChI=1S/C20H25N5O3S/c21-29(27,28)16-7-5-15(6-8-16)24-20(26)14-9-11-25(12-10-14)19-17-3-1-2-4-18(17)22-13-23-19/h5-8,13-14H,1-4,9-12H2,(H,24,26)(H2,21,27,28). The summed E-state index contributed by atoms with van der Waals surface area (Å²) in [6, 6.07) is 5.90. The van der Waals surface area contributed by atoms with Crippen molar-refractivity contribution in [2.45, 2.75) is 43.4 Å². The summed E-state index contributed by atoms with van der Waals surface area (Å²) in [5.74, 6) is 0.909. The number of anilines is 2. The molecule has 2 aromatic rings. The van der Waals surface area contributed by atoms with E-state index in [9.17, 15) is 13.2 Å². The topological polar surface area (TPSA) is 118 Å². The number of amides is 1. The minimum absolute atomic E-state index is 0.0250. The lowest BCUT2D eigenvalue weighted by Gasteiger charge is -2.34. The molecule has 0 atom stereocenters. The van der Waals surface area contributed by atoms with E-state index in [2.05, 4.69) is 20.2 Å². The van der Waals surface area contributed by atoms with E-state index in [1.807, 2.05) is 0 Å². The van der Waals surface area contributed by atoms with Gasteiger partial charge in [-0.1, -0.05) is 0 Å². The van der Waals surface area contributed by atoms with Crippen molar-refractivity contribution in [1.29, 1.82) is 0 Å². The number of sulfonamides is 1. The molecule has 0 saturated carbocycles. The molecule has 2 aliphatic rings. The Morgan fingerprint density at radius 2 is 1.76 bits per heavy atom. The molecule has 154 valence electrons. The van der Waals surface area contributed by atoms with Crippen LogP contribution in [0.4, 0.5) is 11.5 Å². The second-order valence-electron chi connectivity index (χ2n) is 7.65. The molecule has 8 nitrogen and oxygen atoms in total. The lowest BCUT2D eigenvalue weighted by atomic mass is 9.93. The maximum Gasteiger partial charge on any atom is 0.238 e. The molecule has 3 N–H and O–H groups in total. The van der Waals surface area contributed by atoms with Gasteiger partial charge in [-0.2, -0.15) is 0 Å². The van der Waals surface area contributed by atoms with Crippen LogP contribution in [0, 0.1) is 5.92 Å². The SMILES string of the molecule is NS(=O)(=O)c1ccc(NC(=O)C2CCN(c3ncnc4c3CCCC4)CC2)cc1. The highest BCUT2D eigenvalue weighted by Crippen LogP contribution is 2.30. The summed E-state index contributed by atoms with van der Waals surface area (Å²) in [6.07, 6.45) is 7.57. The fourth-order valence-electron chi connectivity index (χ4n) is 4.10. The van der Waals surface area contributed by atoms with Crippen LogP contribution in [0.2, 0.25) is 0 Å². The van der Waals surface area contributed by atoms with Gasteiger partial charge in [-0.15, -0.1) is 0 Å². The molecule has 1 aromatic carbocycles. The number of hydrogen-bond acceptors (Lipinski definition) is 6. The predicted molar refractivity (Wildman–Crippen MR) is 110 cm³/mol. The summed E-state index contributed by atoms with van der Waals surface area (Å²) in [5.41, 5.74) is 3.01. The van der Waals surface area contributed by atoms with Gasteiger partial charge in [0, 0.05) is 36.0 Å². The van der Waals surface area contributed by atoms with Gasteiger partial charge in [-0.3, -0.25) is 4.79 Å². The lowest BCUT2D eigenvalue weighted by molar-refractivity contribution is -0.120. The number of piperidine rings is 1. The zero-order chi connectivity index (χ0) is 20.4. The molecule has 0 spiro atoms. The third-order valence-electron chi connectivity index (χ3n) is 5.72. The second kappa shape index (κ2) is 8.08. The smallest absolute Gasteiger partial charge is 0.238 e. The number of carbonyl (C=O) groups is 1. The highest BCUT2D eigenvalue weighted by atomic mass is 32.2. The number of benzene rings is 1. The van der Waals surface area contributed by atoms with E-state index in [0.29, 0.717) is 5.69 Å². The van der Waals surface area contributed by atoms with Gasteiger partial charge >= 0.3 is 0 Å². The molecular weight excluding hydrogens is 390 g/mol. The summed E-state index contributed by atoms with van der Waals surface area (Å²) >= 11 is 0. The molecule has 29 heavy (non-hydrogen) atoms. The summed E-state index contributed by atoms with van der Waals surface area (Å²) in [4.78, 5) is 23.9. The van der Waals surface area contributed by atoms with Crippen molar-refractivity contribution < 1.29 is 13.2 Å². The second-order valence-corrected chi connectivity index (χ2v) is 9.21. The van der Waals surface area contributed by atoms with E-state index in [1.165, 1.54) is 36.2 Å². The minimum Gasteiger partial charge on any atom is -0.356 e. The minimum atomic E-state index is -3.74. The molecule has 0 radical (unpaired) electrons. The molecule has 1 fully saturated rings. The summed E-state index contributed by atoms with van der Waals surface area (Å²) in [7, 11) is -3.74. The molecular formula is C20H25N5O3S. The third kappa shape index (κ3) is 4.40. The first kappa shape index (κ1) is 19.8. The Kier molecular flexibility index (Phi) is 5.51. The number of rotatable bonds is 4. The number of nitrogens with one attached hydrogen (secondary N) is 1. The van der Waals surface area contributed by atoms with E-state index in [1.54, 1.807) is 18.5 Å². The van der Waals surface area contributed by atoms with Gasteiger partial charge in [0.15, 0.2) is 0 Å². The van der Waals surface area contributed by atoms with Crippen molar-refractivity contribution in [3.63, 3.8) is 0 Å². The normalized spacial score (nSPS) is 17.6. The van der Waals surface area contributed by atoms with E-state index in [4.69, 9.17) is 5.14 Å². The molecule has 1 aliphatic heterocycles. The van der Waals surface area contributed by atoms with Crippen molar-refractivity contribution >= 4 is 27.4 Å². The number of aromatic nitrogens is 2. The van der Waals surface area contributed by atoms with Gasteiger partial charge in [-0.05, 0) is 62.8 Å². The highest BCUT2D eigenvalue weighted by Gasteiger charge is 2.28. The lowest BCUT2D eigenvalue weighted by Crippen LogP contribution is -2.39. The van der Waals surface area contributed by atoms with Gasteiger partial charge in [0.2, 0.25) is 15.9 Å². The molecule has 9 heteroatoms. The molecule has 1 saturated heterocycles. The zero-order valence-corrected chi connectivity index (χ0v) is 17.0. The predicted octanol–water partition coefficient (Wildman–Crippen LogP) is 1.86. The van der Waals surface area contributed by atoms with Crippen LogP contribution in [0.5, 0.6) is 0 Å². The van der Waals surface area contributed by atoms with Crippen LogP contribution in [0.3, 0.4) is 0 Å². The summed E-state index contributed by atoms with van der Waals surface area (Å²) in [6.45, 7) is 1.57. The van der Waals surface area contributed by atoms with Crippen LogP contribution in [-0.2, 0) is 27.7 Å². The van der Waals surface area contributed by atoms with Gasteiger partial charge in [-0.25, -0.2) is 23.5 Å². The Balaban J connectivity index is 1.37. The van der Waals surface area contributed by atoms with Gasteiger partial charge < -0.3 is 10.2 Å². The molecule has 1 aromatic heterocycles. The number of carbonyl (C=O) groups excluding carboxylic acids is 1. The molecule has 2 heterocycles. The average Bonchev–Trinajstić information content (AvgIpc) is 2.73. The maximum atomic E-state index is 12.6. The third-order valence-corrected chi connectivity index (χ3v) is 6.65. The van der Waals surface area contributed by atoms with E-state index in [-0.39, 0.29) is 16.7 Å². The number of primary sulfonamides is 1. The number of aryl methyl sites for hydroxylation is 1. The average molecular weight is 416 g/mol. The van der Waals surface area contributed by atoms with Crippen molar-refractivity contribution in [1.82, 2.24) is 9.97 Å². The van der Waals surface area contributed by atoms with Crippen molar-refractivity contribution in [2.75, 3.05) is 23.3 Å². The number of fused-ring (bicyclic) bond motifs is 1. The Morgan fingerprint density at radius 3 is 2.45 bits per heavy atom.